The number of hydrogen-bond acceptors (Lipinski definition) is 5. The highest BCUT2D eigenvalue weighted by Crippen LogP contribution is 2.32. The molecule has 0 aliphatic carbocycles. The zero-order valence-electron chi connectivity index (χ0n) is 19.9. The molecule has 1 aliphatic rings. The van der Waals surface area contributed by atoms with Crippen molar-refractivity contribution < 1.29 is 19.7 Å². The lowest BCUT2D eigenvalue weighted by molar-refractivity contribution is 0.0355. The molecule has 7 nitrogen and oxygen atoms in total. The normalized spacial score (nSPS) is 16.5. The maximum atomic E-state index is 13.0. The van der Waals surface area contributed by atoms with E-state index in [-0.39, 0.29) is 17.7 Å². The van der Waals surface area contributed by atoms with Gasteiger partial charge in [-0.3, -0.25) is 4.57 Å². The van der Waals surface area contributed by atoms with Gasteiger partial charge in [-0.1, -0.05) is 30.3 Å². The van der Waals surface area contributed by atoms with E-state index in [0.29, 0.717) is 23.4 Å². The molecule has 1 atom stereocenters. The molecular weight excluding hydrogens is 442 g/mol. The van der Waals surface area contributed by atoms with E-state index in [1.165, 1.54) is 27.1 Å². The minimum absolute atomic E-state index is 0.0964. The van der Waals surface area contributed by atoms with E-state index in [1.807, 2.05) is 6.07 Å². The number of H-pyrrole nitrogens is 1. The maximum Gasteiger partial charge on any atom is 0.340 e. The van der Waals surface area contributed by atoms with Crippen molar-refractivity contribution in [3.63, 3.8) is 0 Å². The Kier molecular flexibility index (Phi) is 6.51. The van der Waals surface area contributed by atoms with Gasteiger partial charge in [-0.25, -0.2) is 4.79 Å². The van der Waals surface area contributed by atoms with Gasteiger partial charge in [0.1, 0.15) is 0 Å². The number of para-hydroxylation sites is 2. The first kappa shape index (κ1) is 23.1. The van der Waals surface area contributed by atoms with Crippen LogP contribution in [-0.4, -0.2) is 56.9 Å². The average molecular weight is 474 g/mol. The van der Waals surface area contributed by atoms with Crippen LogP contribution < -0.4 is 0 Å². The third kappa shape index (κ3) is 4.77. The van der Waals surface area contributed by atoms with Crippen molar-refractivity contribution in [3.8, 4) is 17.4 Å². The van der Waals surface area contributed by atoms with Crippen molar-refractivity contribution in [2.24, 2.45) is 5.92 Å². The second kappa shape index (κ2) is 9.88. The molecule has 0 radical (unpaired) electrons. The molecule has 35 heavy (non-hydrogen) atoms. The first-order chi connectivity index (χ1) is 17.0. The van der Waals surface area contributed by atoms with Crippen LogP contribution in [0.3, 0.4) is 0 Å². The number of aromatic amines is 1. The Bertz CT molecular complexity index is 1340. The van der Waals surface area contributed by atoms with Gasteiger partial charge >= 0.3 is 5.97 Å². The van der Waals surface area contributed by atoms with Crippen molar-refractivity contribution in [1.29, 1.82) is 0 Å². The maximum absolute atomic E-state index is 13.0. The number of nitrogens with zero attached hydrogens (tertiary/aromatic N) is 2. The summed E-state index contributed by atoms with van der Waals surface area (Å²) in [6, 6.07) is 16.7. The van der Waals surface area contributed by atoms with Crippen LogP contribution in [0.2, 0.25) is 0 Å². The van der Waals surface area contributed by atoms with Crippen LogP contribution in [0.15, 0.2) is 60.8 Å². The lowest BCUT2D eigenvalue weighted by Gasteiger charge is -2.32. The topological polar surface area (TPSA) is 90.7 Å². The van der Waals surface area contributed by atoms with Crippen LogP contribution in [0.25, 0.3) is 16.6 Å². The third-order valence-electron chi connectivity index (χ3n) is 6.93. The molecule has 1 saturated heterocycles. The van der Waals surface area contributed by atoms with Gasteiger partial charge < -0.3 is 24.8 Å². The first-order valence-corrected chi connectivity index (χ1v) is 12.2. The SMILES string of the molecule is Cc1cc(O)n(-c2ccccc2C(=O)OCC2CCCN(CCc3c[nH]c4ccccc34)C2)c1O. The number of aromatic nitrogens is 2. The Morgan fingerprint density at radius 3 is 2.77 bits per heavy atom. The van der Waals surface area contributed by atoms with E-state index in [9.17, 15) is 15.0 Å². The number of piperidine rings is 1. The van der Waals surface area contributed by atoms with Crippen LogP contribution in [0.5, 0.6) is 11.8 Å². The number of aromatic hydroxyl groups is 2. The molecule has 0 amide bonds. The number of likely N-dealkylation sites (tertiary alicyclic amines) is 1. The number of carbonyl (C=O) groups is 1. The number of rotatable bonds is 7. The number of aryl methyl sites for hydroxylation is 1. The molecule has 1 fully saturated rings. The molecule has 3 N–H and O–H groups in total. The summed E-state index contributed by atoms with van der Waals surface area (Å²) in [7, 11) is 0. The molecule has 0 bridgehead atoms. The number of fused-ring (bicyclic) bond motifs is 1. The second-order valence-electron chi connectivity index (χ2n) is 9.38. The van der Waals surface area contributed by atoms with Gasteiger partial charge in [0.2, 0.25) is 5.88 Å². The molecule has 4 aromatic rings. The standard InChI is InChI=1S/C28H31N3O4/c1-19-15-26(32)31(27(19)33)25-11-5-3-9-23(25)28(34)35-18-20-7-6-13-30(17-20)14-12-21-16-29-24-10-4-2-8-22(21)24/h2-5,8-11,15-16,20,29,32-33H,6-7,12-14,17-18H2,1H3. The number of nitrogens with one attached hydrogen (secondary N) is 1. The highest BCUT2D eigenvalue weighted by atomic mass is 16.5. The van der Waals surface area contributed by atoms with Crippen molar-refractivity contribution in [2.75, 3.05) is 26.2 Å². The summed E-state index contributed by atoms with van der Waals surface area (Å²) in [5, 5.41) is 21.9. The Hall–Kier alpha value is -3.71. The van der Waals surface area contributed by atoms with Crippen LogP contribution in [-0.2, 0) is 11.2 Å². The van der Waals surface area contributed by atoms with Gasteiger partial charge in [0.15, 0.2) is 5.88 Å². The van der Waals surface area contributed by atoms with Crippen LogP contribution >= 0.6 is 0 Å². The number of ether oxygens (including phenoxy) is 1. The van der Waals surface area contributed by atoms with Gasteiger partial charge in [0.05, 0.1) is 17.9 Å². The van der Waals surface area contributed by atoms with E-state index < -0.39 is 5.97 Å². The molecule has 182 valence electrons. The number of carbonyl (C=O) groups excluding carboxylic acids is 1. The second-order valence-corrected chi connectivity index (χ2v) is 9.38. The zero-order chi connectivity index (χ0) is 24.4. The minimum Gasteiger partial charge on any atom is -0.494 e. The molecule has 5 rings (SSSR count). The Morgan fingerprint density at radius 1 is 1.14 bits per heavy atom. The van der Waals surface area contributed by atoms with Crippen molar-refractivity contribution in [2.45, 2.75) is 26.2 Å². The fourth-order valence-electron chi connectivity index (χ4n) is 5.07. The van der Waals surface area contributed by atoms with E-state index in [1.54, 1.807) is 31.2 Å². The quantitative estimate of drug-likeness (QED) is 0.336. The highest BCUT2D eigenvalue weighted by molar-refractivity contribution is 5.93. The lowest BCUT2D eigenvalue weighted by atomic mass is 9.98. The van der Waals surface area contributed by atoms with E-state index >= 15 is 0 Å². The summed E-state index contributed by atoms with van der Waals surface area (Å²) >= 11 is 0. The monoisotopic (exact) mass is 473 g/mol. The van der Waals surface area contributed by atoms with E-state index in [0.717, 1.165) is 38.9 Å². The summed E-state index contributed by atoms with van der Waals surface area (Å²) in [6.45, 7) is 4.97. The van der Waals surface area contributed by atoms with Gasteiger partial charge in [-0.05, 0) is 56.5 Å². The molecule has 2 aromatic heterocycles. The summed E-state index contributed by atoms with van der Waals surface area (Å²) in [4.78, 5) is 18.8. The predicted molar refractivity (Wildman–Crippen MR) is 135 cm³/mol. The molecule has 1 aliphatic heterocycles. The fraction of sp³-hybridized carbons (Fsp3) is 0.321. The molecule has 0 saturated carbocycles. The van der Waals surface area contributed by atoms with Gasteiger partial charge in [-0.15, -0.1) is 0 Å². The van der Waals surface area contributed by atoms with Gasteiger partial charge in [-0.2, -0.15) is 0 Å². The van der Waals surface area contributed by atoms with E-state index in [2.05, 4.69) is 34.3 Å². The smallest absolute Gasteiger partial charge is 0.340 e. The Balaban J connectivity index is 1.20. The van der Waals surface area contributed by atoms with Gasteiger partial charge in [0, 0.05) is 47.7 Å². The Labute approximate surface area is 204 Å². The van der Waals surface area contributed by atoms with Crippen LogP contribution in [0.1, 0.15) is 34.3 Å². The van der Waals surface area contributed by atoms with Gasteiger partial charge in [0.25, 0.3) is 0 Å². The fourth-order valence-corrected chi connectivity index (χ4v) is 5.07. The molecule has 0 spiro atoms. The summed E-state index contributed by atoms with van der Waals surface area (Å²) in [6.07, 6.45) is 5.19. The summed E-state index contributed by atoms with van der Waals surface area (Å²) in [5.41, 5.74) is 3.73. The van der Waals surface area contributed by atoms with E-state index in [4.69, 9.17) is 4.74 Å². The molecular formula is C28H31N3O4. The number of benzene rings is 2. The minimum atomic E-state index is -0.457. The number of hydrogen-bond donors (Lipinski definition) is 3. The lowest BCUT2D eigenvalue weighted by Crippen LogP contribution is -2.38. The molecule has 7 heteroatoms. The Morgan fingerprint density at radius 2 is 1.94 bits per heavy atom. The predicted octanol–water partition coefficient (Wildman–Crippen LogP) is 4.79. The largest absolute Gasteiger partial charge is 0.494 e. The molecule has 3 heterocycles. The van der Waals surface area contributed by atoms with Crippen molar-refractivity contribution in [1.82, 2.24) is 14.5 Å². The average Bonchev–Trinajstić information content (AvgIpc) is 3.40. The van der Waals surface area contributed by atoms with Crippen LogP contribution in [0.4, 0.5) is 0 Å². The van der Waals surface area contributed by atoms with Crippen molar-refractivity contribution in [3.05, 3.63) is 77.5 Å². The van der Waals surface area contributed by atoms with Crippen molar-refractivity contribution >= 4 is 16.9 Å². The number of esters is 1. The summed E-state index contributed by atoms with van der Waals surface area (Å²) < 4.78 is 6.99. The molecule has 1 unspecified atom stereocenters. The first-order valence-electron chi connectivity index (χ1n) is 12.2. The zero-order valence-corrected chi connectivity index (χ0v) is 19.9. The van der Waals surface area contributed by atoms with Crippen LogP contribution in [0, 0.1) is 12.8 Å². The summed E-state index contributed by atoms with van der Waals surface area (Å²) in [5.74, 6) is -0.403. The third-order valence-corrected chi connectivity index (χ3v) is 6.93. The highest BCUT2D eigenvalue weighted by Gasteiger charge is 2.24. The molecule has 2 aromatic carbocycles.